The van der Waals surface area contributed by atoms with Gasteiger partial charge in [0.2, 0.25) is 0 Å². The summed E-state index contributed by atoms with van der Waals surface area (Å²) in [4.78, 5) is 2.39. The largest absolute Gasteiger partial charge is 0.462 e. The summed E-state index contributed by atoms with van der Waals surface area (Å²) < 4.78 is 16.9. The van der Waals surface area contributed by atoms with Crippen LogP contribution in [0, 0.1) is 5.92 Å². The van der Waals surface area contributed by atoms with Gasteiger partial charge in [0.15, 0.2) is 0 Å². The van der Waals surface area contributed by atoms with Gasteiger partial charge in [0.1, 0.15) is 18.1 Å². The van der Waals surface area contributed by atoms with Crippen LogP contribution in [-0.4, -0.2) is 49.0 Å². The van der Waals surface area contributed by atoms with Crippen LogP contribution in [0.25, 0.3) is 0 Å². The number of aliphatic hydroxyl groups is 1. The molecule has 0 aliphatic carbocycles. The van der Waals surface area contributed by atoms with Gasteiger partial charge in [-0.2, -0.15) is 0 Å². The van der Waals surface area contributed by atoms with Crippen LogP contribution in [0.3, 0.4) is 0 Å². The number of piperidine rings is 1. The van der Waals surface area contributed by atoms with Crippen LogP contribution in [0.1, 0.15) is 30.8 Å². The van der Waals surface area contributed by atoms with Gasteiger partial charge < -0.3 is 19.0 Å². The zero-order valence-corrected chi connectivity index (χ0v) is 12.5. The van der Waals surface area contributed by atoms with E-state index in [2.05, 4.69) is 4.90 Å². The van der Waals surface area contributed by atoms with Crippen LogP contribution in [0.2, 0.25) is 0 Å². The molecule has 1 N–H and O–H groups in total. The maximum atomic E-state index is 9.01. The van der Waals surface area contributed by atoms with E-state index < -0.39 is 0 Å². The molecule has 2 aliphatic heterocycles. The Bertz CT molecular complexity index is 420. The normalized spacial score (nSPS) is 24.7. The van der Waals surface area contributed by atoms with Crippen molar-refractivity contribution in [2.24, 2.45) is 5.92 Å². The van der Waals surface area contributed by atoms with Gasteiger partial charge >= 0.3 is 0 Å². The maximum Gasteiger partial charge on any atom is 0.129 e. The quantitative estimate of drug-likeness (QED) is 0.867. The highest BCUT2D eigenvalue weighted by atomic mass is 16.5. The van der Waals surface area contributed by atoms with E-state index in [-0.39, 0.29) is 6.61 Å². The van der Waals surface area contributed by atoms with Gasteiger partial charge in [-0.3, -0.25) is 4.90 Å². The molecule has 0 saturated carbocycles. The summed E-state index contributed by atoms with van der Waals surface area (Å²) in [5.41, 5.74) is 0. The number of hydrogen-bond acceptors (Lipinski definition) is 5. The number of ether oxygens (including phenoxy) is 2. The van der Waals surface area contributed by atoms with Crippen LogP contribution >= 0.6 is 0 Å². The molecule has 2 saturated heterocycles. The molecule has 0 spiro atoms. The smallest absolute Gasteiger partial charge is 0.129 e. The molecule has 1 atom stereocenters. The Labute approximate surface area is 125 Å². The van der Waals surface area contributed by atoms with Crippen LogP contribution in [-0.2, 0) is 22.6 Å². The van der Waals surface area contributed by atoms with Crippen molar-refractivity contribution < 1.29 is 19.0 Å². The number of likely N-dealkylation sites (tertiary alicyclic amines) is 1. The molecule has 0 bridgehead atoms. The topological polar surface area (TPSA) is 55.1 Å². The molecule has 2 aliphatic rings. The van der Waals surface area contributed by atoms with Gasteiger partial charge in [0.25, 0.3) is 0 Å². The van der Waals surface area contributed by atoms with E-state index in [1.165, 1.54) is 0 Å². The van der Waals surface area contributed by atoms with Crippen molar-refractivity contribution in [3.63, 3.8) is 0 Å². The lowest BCUT2D eigenvalue weighted by atomic mass is 10.1. The number of nitrogens with zero attached hydrogens (tertiary/aromatic N) is 1. The molecule has 0 aromatic carbocycles. The predicted octanol–water partition coefficient (Wildman–Crippen LogP) is 1.79. The van der Waals surface area contributed by atoms with Gasteiger partial charge in [0.05, 0.1) is 25.9 Å². The molecule has 0 amide bonds. The van der Waals surface area contributed by atoms with E-state index in [0.29, 0.717) is 17.8 Å². The van der Waals surface area contributed by atoms with E-state index >= 15 is 0 Å². The van der Waals surface area contributed by atoms with Gasteiger partial charge in [-0.1, -0.05) is 0 Å². The van der Waals surface area contributed by atoms with Crippen molar-refractivity contribution in [2.45, 2.75) is 38.5 Å². The third-order valence-corrected chi connectivity index (χ3v) is 4.38. The van der Waals surface area contributed by atoms with Crippen molar-refractivity contribution in [2.75, 3.05) is 32.9 Å². The van der Waals surface area contributed by atoms with Crippen molar-refractivity contribution in [3.8, 4) is 0 Å². The number of hydrogen-bond donors (Lipinski definition) is 1. The van der Waals surface area contributed by atoms with Crippen LogP contribution in [0.4, 0.5) is 0 Å². The molecular formula is C16H25NO4. The zero-order valence-electron chi connectivity index (χ0n) is 12.5. The highest BCUT2D eigenvalue weighted by Crippen LogP contribution is 2.20. The van der Waals surface area contributed by atoms with Gasteiger partial charge in [0, 0.05) is 25.6 Å². The molecule has 118 valence electrons. The first-order chi connectivity index (χ1) is 10.3. The second-order valence-corrected chi connectivity index (χ2v) is 6.06. The van der Waals surface area contributed by atoms with Crippen molar-refractivity contribution in [1.29, 1.82) is 0 Å². The van der Waals surface area contributed by atoms with Crippen LogP contribution in [0.15, 0.2) is 16.5 Å². The van der Waals surface area contributed by atoms with E-state index in [9.17, 15) is 0 Å². The van der Waals surface area contributed by atoms with Gasteiger partial charge in [-0.25, -0.2) is 0 Å². The first kappa shape index (κ1) is 15.0. The summed E-state index contributed by atoms with van der Waals surface area (Å²) in [6.45, 7) is 5.49. The first-order valence-corrected chi connectivity index (χ1v) is 7.93. The van der Waals surface area contributed by atoms with E-state index in [1.807, 2.05) is 12.1 Å². The minimum absolute atomic E-state index is 0.0270. The minimum Gasteiger partial charge on any atom is -0.462 e. The Morgan fingerprint density at radius 2 is 2.00 bits per heavy atom. The lowest BCUT2D eigenvalue weighted by molar-refractivity contribution is -0.0126. The summed E-state index contributed by atoms with van der Waals surface area (Å²) in [6, 6.07) is 3.79. The van der Waals surface area contributed by atoms with E-state index in [1.54, 1.807) is 0 Å². The lowest BCUT2D eigenvalue weighted by Gasteiger charge is -2.31. The summed E-state index contributed by atoms with van der Waals surface area (Å²) in [7, 11) is 0. The molecule has 3 heterocycles. The minimum atomic E-state index is -0.0270. The predicted molar refractivity (Wildman–Crippen MR) is 77.8 cm³/mol. The van der Waals surface area contributed by atoms with Crippen LogP contribution < -0.4 is 0 Å². The third-order valence-electron chi connectivity index (χ3n) is 4.38. The van der Waals surface area contributed by atoms with Crippen molar-refractivity contribution in [1.82, 2.24) is 4.90 Å². The Kier molecular flexibility index (Phi) is 5.30. The Morgan fingerprint density at radius 1 is 1.19 bits per heavy atom. The second kappa shape index (κ2) is 7.40. The molecule has 1 aromatic heterocycles. The fraction of sp³-hybridized carbons (Fsp3) is 0.750. The van der Waals surface area contributed by atoms with Crippen molar-refractivity contribution >= 4 is 0 Å². The standard InChI is InChI=1S/C16H25NO4/c18-10-16-2-1-15(21-16)9-17-6-3-14(4-7-17)20-12-13-5-8-19-11-13/h1-2,13-14,18H,3-12H2. The first-order valence-electron chi connectivity index (χ1n) is 7.93. The summed E-state index contributed by atoms with van der Waals surface area (Å²) in [5, 5.41) is 9.01. The average molecular weight is 295 g/mol. The molecule has 0 radical (unpaired) electrons. The SMILES string of the molecule is OCc1ccc(CN2CCC(OCC3CCOC3)CC2)o1. The summed E-state index contributed by atoms with van der Waals surface area (Å²) in [5.74, 6) is 2.17. The molecule has 2 fully saturated rings. The molecule has 1 unspecified atom stereocenters. The Balaban J connectivity index is 1.36. The maximum absolute atomic E-state index is 9.01. The number of furan rings is 1. The molecule has 1 aromatic rings. The fourth-order valence-corrected chi connectivity index (χ4v) is 3.03. The Morgan fingerprint density at radius 3 is 2.67 bits per heavy atom. The van der Waals surface area contributed by atoms with Crippen LogP contribution in [0.5, 0.6) is 0 Å². The zero-order chi connectivity index (χ0) is 14.5. The molecule has 3 rings (SSSR count). The van der Waals surface area contributed by atoms with Gasteiger partial charge in [-0.15, -0.1) is 0 Å². The summed E-state index contributed by atoms with van der Waals surface area (Å²) >= 11 is 0. The van der Waals surface area contributed by atoms with E-state index in [4.69, 9.17) is 19.0 Å². The van der Waals surface area contributed by atoms with E-state index in [0.717, 1.165) is 64.5 Å². The average Bonchev–Trinajstić information content (AvgIpc) is 3.18. The highest BCUT2D eigenvalue weighted by Gasteiger charge is 2.23. The monoisotopic (exact) mass is 295 g/mol. The number of rotatable bonds is 6. The molecule has 21 heavy (non-hydrogen) atoms. The second-order valence-electron chi connectivity index (χ2n) is 6.06. The molecular weight excluding hydrogens is 270 g/mol. The highest BCUT2D eigenvalue weighted by molar-refractivity contribution is 5.06. The Hall–Kier alpha value is -0.880. The van der Waals surface area contributed by atoms with Gasteiger partial charge in [-0.05, 0) is 31.4 Å². The van der Waals surface area contributed by atoms with Crippen molar-refractivity contribution in [3.05, 3.63) is 23.7 Å². The number of aliphatic hydroxyl groups excluding tert-OH is 1. The lowest BCUT2D eigenvalue weighted by Crippen LogP contribution is -2.37. The fourth-order valence-electron chi connectivity index (χ4n) is 3.03. The third kappa shape index (κ3) is 4.30. The molecule has 5 nitrogen and oxygen atoms in total. The summed E-state index contributed by atoms with van der Waals surface area (Å²) in [6.07, 6.45) is 3.71. The molecule has 5 heteroatoms.